The Balaban J connectivity index is 1.52. The maximum absolute atomic E-state index is 12.5. The third kappa shape index (κ3) is 3.67. The largest absolute Gasteiger partial charge is 0.334 e. The molecule has 2 aromatic carbocycles. The van der Waals surface area contributed by atoms with E-state index >= 15 is 0 Å². The van der Waals surface area contributed by atoms with Gasteiger partial charge in [0.2, 0.25) is 5.91 Å². The monoisotopic (exact) mass is 395 g/mol. The van der Waals surface area contributed by atoms with Crippen LogP contribution >= 0.6 is 11.6 Å². The Morgan fingerprint density at radius 1 is 1.07 bits per heavy atom. The highest BCUT2D eigenvalue weighted by molar-refractivity contribution is 6.30. The third-order valence-corrected chi connectivity index (χ3v) is 5.32. The fourth-order valence-electron chi connectivity index (χ4n) is 3.38. The molecule has 144 valence electrons. The summed E-state index contributed by atoms with van der Waals surface area (Å²) in [5.74, 6) is 1.01. The third-order valence-electron chi connectivity index (χ3n) is 5.07. The molecule has 1 aliphatic rings. The van der Waals surface area contributed by atoms with Crippen molar-refractivity contribution in [2.24, 2.45) is 0 Å². The summed E-state index contributed by atoms with van der Waals surface area (Å²) in [6, 6.07) is 15.4. The summed E-state index contributed by atoms with van der Waals surface area (Å²) in [6.45, 7) is 7.06. The lowest BCUT2D eigenvalue weighted by atomic mass is 9.87. The van der Waals surface area contributed by atoms with E-state index in [1.54, 1.807) is 17.0 Å². The van der Waals surface area contributed by atoms with Crippen LogP contribution in [0, 0.1) is 0 Å². The zero-order valence-corrected chi connectivity index (χ0v) is 16.9. The van der Waals surface area contributed by atoms with Gasteiger partial charge in [0, 0.05) is 35.2 Å². The van der Waals surface area contributed by atoms with E-state index in [-0.39, 0.29) is 17.2 Å². The normalized spacial score (nSPS) is 17.4. The summed E-state index contributed by atoms with van der Waals surface area (Å²) >= 11 is 5.94. The molecule has 0 spiro atoms. The number of hydrogen-bond acceptors (Lipinski definition) is 4. The van der Waals surface area contributed by atoms with Gasteiger partial charge in [0.15, 0.2) is 5.82 Å². The molecular formula is C22H22ClN3O2. The van der Waals surface area contributed by atoms with Crippen molar-refractivity contribution in [3.8, 4) is 11.5 Å². The standard InChI is InChI=1S/C22H22ClN3O2/c1-22(2,3)16-6-4-14(5-7-16)21-24-20(25-28-21)15-12-19(27)26(13-15)18-10-8-17(23)9-11-18/h4-11,15H,12-13H2,1-3H3/t15-/m0/s1. The number of carbonyl (C=O) groups is 1. The molecule has 0 N–H and O–H groups in total. The molecule has 6 heteroatoms. The first-order valence-electron chi connectivity index (χ1n) is 9.32. The number of rotatable bonds is 3. The van der Waals surface area contributed by atoms with Gasteiger partial charge in [0.05, 0.1) is 0 Å². The van der Waals surface area contributed by atoms with Crippen molar-refractivity contribution in [2.45, 2.75) is 38.5 Å². The minimum atomic E-state index is -0.0884. The fourth-order valence-corrected chi connectivity index (χ4v) is 3.51. The van der Waals surface area contributed by atoms with Gasteiger partial charge in [-0.05, 0) is 47.4 Å². The number of carbonyl (C=O) groups excluding carboxylic acids is 1. The zero-order chi connectivity index (χ0) is 19.9. The number of aromatic nitrogens is 2. The predicted molar refractivity (Wildman–Crippen MR) is 110 cm³/mol. The second-order valence-corrected chi connectivity index (χ2v) is 8.60. The second-order valence-electron chi connectivity index (χ2n) is 8.17. The number of benzene rings is 2. The average molecular weight is 396 g/mol. The van der Waals surface area contributed by atoms with E-state index in [2.05, 4.69) is 43.0 Å². The number of hydrogen-bond donors (Lipinski definition) is 0. The molecule has 1 aromatic heterocycles. The van der Waals surface area contributed by atoms with Crippen LogP contribution in [0.1, 0.15) is 44.5 Å². The first-order valence-corrected chi connectivity index (χ1v) is 9.69. The van der Waals surface area contributed by atoms with Crippen LogP contribution in [0.2, 0.25) is 5.02 Å². The lowest BCUT2D eigenvalue weighted by molar-refractivity contribution is -0.117. The molecule has 0 radical (unpaired) electrons. The van der Waals surface area contributed by atoms with Crippen LogP contribution in [0.15, 0.2) is 53.1 Å². The molecular weight excluding hydrogens is 374 g/mol. The summed E-state index contributed by atoms with van der Waals surface area (Å²) in [5.41, 5.74) is 3.05. The topological polar surface area (TPSA) is 59.2 Å². The Morgan fingerprint density at radius 2 is 1.75 bits per heavy atom. The van der Waals surface area contributed by atoms with Gasteiger partial charge < -0.3 is 9.42 Å². The first-order chi connectivity index (χ1) is 13.3. The highest BCUT2D eigenvalue weighted by Crippen LogP contribution is 2.32. The molecule has 0 aliphatic carbocycles. The number of halogens is 1. The molecule has 3 aromatic rings. The van der Waals surface area contributed by atoms with Gasteiger partial charge in [-0.15, -0.1) is 0 Å². The molecule has 1 aliphatic heterocycles. The van der Waals surface area contributed by atoms with Crippen LogP contribution in [0.25, 0.3) is 11.5 Å². The first kappa shape index (κ1) is 18.7. The molecule has 0 saturated carbocycles. The Morgan fingerprint density at radius 3 is 2.39 bits per heavy atom. The van der Waals surface area contributed by atoms with Gasteiger partial charge in [-0.25, -0.2) is 0 Å². The van der Waals surface area contributed by atoms with Crippen LogP contribution in [-0.4, -0.2) is 22.6 Å². The van der Waals surface area contributed by atoms with E-state index < -0.39 is 0 Å². The fraction of sp³-hybridized carbons (Fsp3) is 0.318. The Hall–Kier alpha value is -2.66. The van der Waals surface area contributed by atoms with Crippen LogP contribution in [0.4, 0.5) is 5.69 Å². The molecule has 1 atom stereocenters. The van der Waals surface area contributed by atoms with Gasteiger partial charge in [0.25, 0.3) is 5.89 Å². The lowest BCUT2D eigenvalue weighted by Crippen LogP contribution is -2.24. The summed E-state index contributed by atoms with van der Waals surface area (Å²) in [7, 11) is 0. The summed E-state index contributed by atoms with van der Waals surface area (Å²) in [5, 5.41) is 4.78. The molecule has 4 rings (SSSR count). The van der Waals surface area contributed by atoms with Gasteiger partial charge >= 0.3 is 0 Å². The quantitative estimate of drug-likeness (QED) is 0.610. The van der Waals surface area contributed by atoms with E-state index in [0.717, 1.165) is 11.3 Å². The zero-order valence-electron chi connectivity index (χ0n) is 16.1. The molecule has 5 nitrogen and oxygen atoms in total. The van der Waals surface area contributed by atoms with Crippen molar-refractivity contribution in [1.29, 1.82) is 0 Å². The molecule has 2 heterocycles. The van der Waals surface area contributed by atoms with Crippen LogP contribution in [0.3, 0.4) is 0 Å². The van der Waals surface area contributed by atoms with Crippen molar-refractivity contribution in [3.63, 3.8) is 0 Å². The SMILES string of the molecule is CC(C)(C)c1ccc(-c2nc([C@H]3CC(=O)N(c4ccc(Cl)cc4)C3)no2)cc1. The van der Waals surface area contributed by atoms with Crippen molar-refractivity contribution >= 4 is 23.2 Å². The Kier molecular flexibility index (Phi) is 4.71. The molecule has 28 heavy (non-hydrogen) atoms. The number of anilines is 1. The maximum Gasteiger partial charge on any atom is 0.257 e. The van der Waals surface area contributed by atoms with Crippen molar-refractivity contribution in [3.05, 3.63) is 64.9 Å². The molecule has 1 amide bonds. The number of nitrogens with zero attached hydrogens (tertiary/aromatic N) is 3. The Bertz CT molecular complexity index is 988. The van der Waals surface area contributed by atoms with Gasteiger partial charge in [0.1, 0.15) is 0 Å². The highest BCUT2D eigenvalue weighted by atomic mass is 35.5. The number of amides is 1. The van der Waals surface area contributed by atoms with Gasteiger partial charge in [-0.1, -0.05) is 49.7 Å². The van der Waals surface area contributed by atoms with E-state index in [0.29, 0.717) is 29.7 Å². The van der Waals surface area contributed by atoms with Crippen molar-refractivity contribution < 1.29 is 9.32 Å². The summed E-state index contributed by atoms with van der Waals surface area (Å²) < 4.78 is 5.47. The lowest BCUT2D eigenvalue weighted by Gasteiger charge is -2.18. The smallest absolute Gasteiger partial charge is 0.257 e. The Labute approximate surface area is 169 Å². The molecule has 0 bridgehead atoms. The van der Waals surface area contributed by atoms with E-state index in [1.807, 2.05) is 24.3 Å². The second kappa shape index (κ2) is 7.06. The van der Waals surface area contributed by atoms with Crippen molar-refractivity contribution in [2.75, 3.05) is 11.4 Å². The van der Waals surface area contributed by atoms with Crippen LogP contribution in [0.5, 0.6) is 0 Å². The average Bonchev–Trinajstić information content (AvgIpc) is 3.29. The van der Waals surface area contributed by atoms with E-state index in [4.69, 9.17) is 16.1 Å². The minimum absolute atomic E-state index is 0.0493. The van der Waals surface area contributed by atoms with Crippen LogP contribution < -0.4 is 4.90 Å². The predicted octanol–water partition coefficient (Wildman–Crippen LogP) is 5.21. The highest BCUT2D eigenvalue weighted by Gasteiger charge is 2.34. The van der Waals surface area contributed by atoms with E-state index in [9.17, 15) is 4.79 Å². The minimum Gasteiger partial charge on any atom is -0.334 e. The molecule has 1 saturated heterocycles. The van der Waals surface area contributed by atoms with Gasteiger partial charge in [-0.2, -0.15) is 4.98 Å². The van der Waals surface area contributed by atoms with E-state index in [1.165, 1.54) is 5.56 Å². The molecule has 1 fully saturated rings. The summed E-state index contributed by atoms with van der Waals surface area (Å²) in [4.78, 5) is 18.8. The van der Waals surface area contributed by atoms with Crippen LogP contribution in [-0.2, 0) is 10.2 Å². The van der Waals surface area contributed by atoms with Crippen molar-refractivity contribution in [1.82, 2.24) is 10.1 Å². The molecule has 0 unspecified atom stereocenters. The summed E-state index contributed by atoms with van der Waals surface area (Å²) in [6.07, 6.45) is 0.366. The van der Waals surface area contributed by atoms with Gasteiger partial charge in [-0.3, -0.25) is 4.79 Å². The maximum atomic E-state index is 12.5.